The summed E-state index contributed by atoms with van der Waals surface area (Å²) >= 11 is 0. The monoisotopic (exact) mass is 216 g/mol. The summed E-state index contributed by atoms with van der Waals surface area (Å²) in [7, 11) is 1.55. The van der Waals surface area contributed by atoms with Crippen molar-refractivity contribution in [3.05, 3.63) is 35.4 Å². The van der Waals surface area contributed by atoms with Crippen molar-refractivity contribution in [3.63, 3.8) is 0 Å². The van der Waals surface area contributed by atoms with E-state index < -0.39 is 5.91 Å². The van der Waals surface area contributed by atoms with Gasteiger partial charge in [0, 0.05) is 6.42 Å². The van der Waals surface area contributed by atoms with Crippen LogP contribution in [-0.2, 0) is 4.79 Å². The molecule has 0 bridgehead atoms. The molecular formula is C12H12N2O2. The summed E-state index contributed by atoms with van der Waals surface area (Å²) in [6.07, 6.45) is 3.46. The van der Waals surface area contributed by atoms with Crippen LogP contribution in [0.5, 0.6) is 5.75 Å². The van der Waals surface area contributed by atoms with Gasteiger partial charge in [-0.1, -0.05) is 12.2 Å². The van der Waals surface area contributed by atoms with E-state index in [1.54, 1.807) is 37.5 Å². The molecule has 0 fully saturated rings. The van der Waals surface area contributed by atoms with E-state index in [9.17, 15) is 4.79 Å². The van der Waals surface area contributed by atoms with Gasteiger partial charge in [-0.3, -0.25) is 4.79 Å². The number of methoxy groups -OCH3 is 1. The summed E-state index contributed by atoms with van der Waals surface area (Å²) in [5.74, 6) is 0.260. The molecule has 4 heteroatoms. The van der Waals surface area contributed by atoms with Gasteiger partial charge in [-0.15, -0.1) is 0 Å². The molecule has 0 atom stereocenters. The van der Waals surface area contributed by atoms with Crippen molar-refractivity contribution in [3.8, 4) is 11.8 Å². The molecule has 0 aliphatic rings. The van der Waals surface area contributed by atoms with Crippen molar-refractivity contribution >= 4 is 12.0 Å². The molecule has 4 nitrogen and oxygen atoms in total. The highest BCUT2D eigenvalue weighted by Crippen LogP contribution is 2.18. The number of nitrogens with zero attached hydrogens (tertiary/aromatic N) is 1. The first kappa shape index (κ1) is 11.8. The highest BCUT2D eigenvalue weighted by atomic mass is 16.5. The minimum Gasteiger partial charge on any atom is -0.497 e. The maximum absolute atomic E-state index is 10.5. The summed E-state index contributed by atoms with van der Waals surface area (Å²) in [6.45, 7) is 0. The standard InChI is InChI=1S/C12H12N2O2/c1-16-11-6-5-10(8-13)9(7-11)3-2-4-12(14)15/h2-3,5-7H,4H2,1H3,(H2,14,15). The topological polar surface area (TPSA) is 76.1 Å². The summed E-state index contributed by atoms with van der Waals surface area (Å²) in [5, 5.41) is 8.87. The number of carbonyl (C=O) groups excluding carboxylic acids is 1. The van der Waals surface area contributed by atoms with E-state index in [2.05, 4.69) is 6.07 Å². The number of primary amides is 1. The molecule has 1 aromatic carbocycles. The van der Waals surface area contributed by atoms with Gasteiger partial charge in [0.05, 0.1) is 18.7 Å². The Labute approximate surface area is 93.9 Å². The second kappa shape index (κ2) is 5.56. The third-order valence-electron chi connectivity index (χ3n) is 2.00. The number of ether oxygens (including phenoxy) is 1. The fourth-order valence-electron chi connectivity index (χ4n) is 1.21. The Balaban J connectivity index is 2.96. The van der Waals surface area contributed by atoms with Gasteiger partial charge in [-0.2, -0.15) is 5.26 Å². The molecule has 0 unspecified atom stereocenters. The molecule has 0 radical (unpaired) electrons. The molecule has 0 aliphatic carbocycles. The number of rotatable bonds is 4. The fraction of sp³-hybridized carbons (Fsp3) is 0.167. The highest BCUT2D eigenvalue weighted by Gasteiger charge is 2.00. The summed E-state index contributed by atoms with van der Waals surface area (Å²) in [4.78, 5) is 10.5. The Bertz CT molecular complexity index is 459. The van der Waals surface area contributed by atoms with Crippen molar-refractivity contribution < 1.29 is 9.53 Å². The molecule has 1 rings (SSSR count). The Hall–Kier alpha value is -2.28. The normalized spacial score (nSPS) is 10.0. The zero-order chi connectivity index (χ0) is 12.0. The predicted molar refractivity (Wildman–Crippen MR) is 60.6 cm³/mol. The van der Waals surface area contributed by atoms with Gasteiger partial charge in [0.1, 0.15) is 5.75 Å². The smallest absolute Gasteiger partial charge is 0.221 e. The van der Waals surface area contributed by atoms with Crippen LogP contribution in [0, 0.1) is 11.3 Å². The van der Waals surface area contributed by atoms with E-state index >= 15 is 0 Å². The van der Waals surface area contributed by atoms with Crippen molar-refractivity contribution in [2.24, 2.45) is 5.73 Å². The zero-order valence-electron chi connectivity index (χ0n) is 8.93. The number of nitriles is 1. The first-order chi connectivity index (χ1) is 7.67. The van der Waals surface area contributed by atoms with E-state index in [1.807, 2.05) is 0 Å². The third-order valence-corrected chi connectivity index (χ3v) is 2.00. The van der Waals surface area contributed by atoms with Crippen LogP contribution in [-0.4, -0.2) is 13.0 Å². The molecule has 0 heterocycles. The first-order valence-corrected chi connectivity index (χ1v) is 4.70. The lowest BCUT2D eigenvalue weighted by Crippen LogP contribution is -2.07. The number of hydrogen-bond acceptors (Lipinski definition) is 3. The SMILES string of the molecule is COc1ccc(C#N)c(C=CCC(N)=O)c1. The zero-order valence-corrected chi connectivity index (χ0v) is 8.93. The average molecular weight is 216 g/mol. The highest BCUT2D eigenvalue weighted by molar-refractivity contribution is 5.76. The number of amides is 1. The summed E-state index contributed by atoms with van der Waals surface area (Å²) in [6, 6.07) is 7.18. The van der Waals surface area contributed by atoms with E-state index in [4.69, 9.17) is 15.7 Å². The van der Waals surface area contributed by atoms with Gasteiger partial charge in [0.15, 0.2) is 0 Å². The minimum atomic E-state index is -0.405. The fourth-order valence-corrected chi connectivity index (χ4v) is 1.21. The maximum atomic E-state index is 10.5. The lowest BCUT2D eigenvalue weighted by molar-refractivity contribution is -0.117. The Kier molecular flexibility index (Phi) is 4.10. The van der Waals surface area contributed by atoms with Crippen LogP contribution in [0.15, 0.2) is 24.3 Å². The third kappa shape index (κ3) is 3.14. The number of hydrogen-bond donors (Lipinski definition) is 1. The lowest BCUT2D eigenvalue weighted by atomic mass is 10.1. The largest absolute Gasteiger partial charge is 0.497 e. The second-order valence-corrected chi connectivity index (χ2v) is 3.14. The number of carbonyl (C=O) groups is 1. The molecule has 2 N–H and O–H groups in total. The quantitative estimate of drug-likeness (QED) is 0.827. The van der Waals surface area contributed by atoms with Crippen molar-refractivity contribution in [2.45, 2.75) is 6.42 Å². The first-order valence-electron chi connectivity index (χ1n) is 4.70. The van der Waals surface area contributed by atoms with E-state index in [-0.39, 0.29) is 6.42 Å². The Morgan fingerprint density at radius 2 is 2.38 bits per heavy atom. The van der Waals surface area contributed by atoms with Crippen LogP contribution in [0.25, 0.3) is 6.08 Å². The van der Waals surface area contributed by atoms with Crippen LogP contribution in [0.1, 0.15) is 17.5 Å². The molecule has 0 saturated heterocycles. The van der Waals surface area contributed by atoms with Gasteiger partial charge >= 0.3 is 0 Å². The molecular weight excluding hydrogens is 204 g/mol. The van der Waals surface area contributed by atoms with Gasteiger partial charge in [0.2, 0.25) is 5.91 Å². The molecule has 1 amide bonds. The van der Waals surface area contributed by atoms with Crippen molar-refractivity contribution in [1.82, 2.24) is 0 Å². The minimum absolute atomic E-state index is 0.155. The maximum Gasteiger partial charge on any atom is 0.221 e. The van der Waals surface area contributed by atoms with Gasteiger partial charge in [-0.25, -0.2) is 0 Å². The van der Waals surface area contributed by atoms with E-state index in [0.29, 0.717) is 16.9 Å². The molecule has 16 heavy (non-hydrogen) atoms. The Morgan fingerprint density at radius 1 is 1.62 bits per heavy atom. The molecule has 0 aliphatic heterocycles. The van der Waals surface area contributed by atoms with E-state index in [0.717, 1.165) is 0 Å². The predicted octanol–water partition coefficient (Wildman–Crippen LogP) is 1.46. The van der Waals surface area contributed by atoms with Gasteiger partial charge in [-0.05, 0) is 23.8 Å². The summed E-state index contributed by atoms with van der Waals surface area (Å²) in [5.41, 5.74) is 6.24. The summed E-state index contributed by atoms with van der Waals surface area (Å²) < 4.78 is 5.05. The van der Waals surface area contributed by atoms with E-state index in [1.165, 1.54) is 0 Å². The van der Waals surface area contributed by atoms with Crippen LogP contribution in [0.2, 0.25) is 0 Å². The second-order valence-electron chi connectivity index (χ2n) is 3.14. The van der Waals surface area contributed by atoms with Gasteiger partial charge < -0.3 is 10.5 Å². The van der Waals surface area contributed by atoms with Crippen LogP contribution < -0.4 is 10.5 Å². The average Bonchev–Trinajstić information content (AvgIpc) is 2.28. The van der Waals surface area contributed by atoms with Crippen LogP contribution >= 0.6 is 0 Å². The van der Waals surface area contributed by atoms with Crippen molar-refractivity contribution in [1.29, 1.82) is 5.26 Å². The van der Waals surface area contributed by atoms with Gasteiger partial charge in [0.25, 0.3) is 0 Å². The molecule has 0 aromatic heterocycles. The Morgan fingerprint density at radius 3 is 2.94 bits per heavy atom. The lowest BCUT2D eigenvalue weighted by Gasteiger charge is -2.02. The molecule has 1 aromatic rings. The van der Waals surface area contributed by atoms with Crippen LogP contribution in [0.3, 0.4) is 0 Å². The van der Waals surface area contributed by atoms with Crippen molar-refractivity contribution in [2.75, 3.05) is 7.11 Å². The number of benzene rings is 1. The molecule has 0 saturated carbocycles. The molecule has 0 spiro atoms. The number of nitrogens with two attached hydrogens (primary N) is 1. The van der Waals surface area contributed by atoms with Crippen LogP contribution in [0.4, 0.5) is 0 Å². The molecule has 82 valence electrons.